The Balaban J connectivity index is 1.63. The third-order valence-electron chi connectivity index (χ3n) is 7.46. The fourth-order valence-electron chi connectivity index (χ4n) is 5.52. The quantitative estimate of drug-likeness (QED) is 0.685. The van der Waals surface area contributed by atoms with Crippen LogP contribution in [0, 0.1) is 17.8 Å². The highest BCUT2D eigenvalue weighted by molar-refractivity contribution is 7.17. The fourth-order valence-corrected chi connectivity index (χ4v) is 6.87. The van der Waals surface area contributed by atoms with E-state index >= 15 is 0 Å². The van der Waals surface area contributed by atoms with Gasteiger partial charge >= 0.3 is 5.97 Å². The largest absolute Gasteiger partial charge is 0.481 e. The van der Waals surface area contributed by atoms with Crippen LogP contribution < -0.4 is 5.32 Å². The van der Waals surface area contributed by atoms with Crippen molar-refractivity contribution in [1.82, 2.24) is 4.90 Å². The van der Waals surface area contributed by atoms with Crippen molar-refractivity contribution in [3.8, 4) is 0 Å². The normalized spacial score (nSPS) is 26.2. The first-order valence-corrected chi connectivity index (χ1v) is 12.8. The molecule has 2 amide bonds. The van der Waals surface area contributed by atoms with Gasteiger partial charge in [0.2, 0.25) is 5.91 Å². The van der Waals surface area contributed by atoms with Gasteiger partial charge in [-0.3, -0.25) is 14.4 Å². The van der Waals surface area contributed by atoms with E-state index in [-0.39, 0.29) is 11.8 Å². The minimum absolute atomic E-state index is 0.0425. The van der Waals surface area contributed by atoms with Gasteiger partial charge in [0.1, 0.15) is 5.00 Å². The van der Waals surface area contributed by atoms with Gasteiger partial charge in [0.05, 0.1) is 17.4 Å². The molecule has 0 aromatic carbocycles. The molecule has 2 aliphatic carbocycles. The number of aliphatic carboxylic acids is 1. The monoisotopic (exact) mass is 446 g/mol. The average Bonchev–Trinajstić information content (AvgIpc) is 3.15. The van der Waals surface area contributed by atoms with E-state index in [2.05, 4.69) is 12.2 Å². The number of carbonyl (C=O) groups excluding carboxylic acids is 2. The number of amides is 2. The van der Waals surface area contributed by atoms with Crippen LogP contribution in [0.4, 0.5) is 5.00 Å². The molecule has 3 atom stereocenters. The zero-order valence-electron chi connectivity index (χ0n) is 18.5. The molecule has 0 bridgehead atoms. The minimum Gasteiger partial charge on any atom is -0.481 e. The summed E-state index contributed by atoms with van der Waals surface area (Å²) in [6.45, 7) is 3.76. The number of piperidine rings is 1. The Morgan fingerprint density at radius 3 is 2.42 bits per heavy atom. The molecule has 170 valence electrons. The smallest absolute Gasteiger partial charge is 0.307 e. The summed E-state index contributed by atoms with van der Waals surface area (Å²) < 4.78 is 0. The number of anilines is 1. The fraction of sp³-hybridized carbons (Fsp3) is 0.708. The lowest BCUT2D eigenvalue weighted by molar-refractivity contribution is -0.147. The van der Waals surface area contributed by atoms with E-state index in [1.54, 1.807) is 11.3 Å². The Morgan fingerprint density at radius 1 is 1.03 bits per heavy atom. The Bertz CT molecular complexity index is 843. The highest BCUT2D eigenvalue weighted by Crippen LogP contribution is 2.42. The van der Waals surface area contributed by atoms with E-state index in [0.29, 0.717) is 29.3 Å². The molecule has 7 heteroatoms. The van der Waals surface area contributed by atoms with Crippen molar-refractivity contribution in [3.63, 3.8) is 0 Å². The number of nitrogens with zero attached hydrogens (tertiary/aromatic N) is 1. The Labute approximate surface area is 188 Å². The van der Waals surface area contributed by atoms with E-state index in [1.165, 1.54) is 4.88 Å². The number of carboxylic acid groups (broad SMARTS) is 1. The van der Waals surface area contributed by atoms with E-state index in [9.17, 15) is 19.5 Å². The van der Waals surface area contributed by atoms with Crippen molar-refractivity contribution in [2.45, 2.75) is 77.6 Å². The van der Waals surface area contributed by atoms with Crippen molar-refractivity contribution in [3.05, 3.63) is 16.0 Å². The zero-order chi connectivity index (χ0) is 22.0. The van der Waals surface area contributed by atoms with Crippen molar-refractivity contribution in [2.24, 2.45) is 17.8 Å². The molecule has 31 heavy (non-hydrogen) atoms. The van der Waals surface area contributed by atoms with E-state index in [4.69, 9.17) is 0 Å². The molecule has 3 unspecified atom stereocenters. The number of likely N-dealkylation sites (tertiary alicyclic amines) is 1. The second-order valence-corrected chi connectivity index (χ2v) is 10.5. The molecule has 0 radical (unpaired) electrons. The summed E-state index contributed by atoms with van der Waals surface area (Å²) >= 11 is 1.55. The SMILES string of the molecule is CCC1CCc2c(sc(NC(=O)C3CCCCC3C(=O)O)c2C(=O)N2CCCCC2)C1. The average molecular weight is 447 g/mol. The minimum atomic E-state index is -0.888. The maximum atomic E-state index is 13.5. The molecule has 2 fully saturated rings. The molecule has 1 aliphatic heterocycles. The van der Waals surface area contributed by atoms with Gasteiger partial charge in [-0.05, 0) is 62.8 Å². The first-order valence-electron chi connectivity index (χ1n) is 12.0. The van der Waals surface area contributed by atoms with Gasteiger partial charge in [-0.2, -0.15) is 0 Å². The molecule has 3 aliphatic rings. The van der Waals surface area contributed by atoms with Gasteiger partial charge in [-0.1, -0.05) is 26.2 Å². The van der Waals surface area contributed by atoms with Crippen LogP contribution in [0.5, 0.6) is 0 Å². The topological polar surface area (TPSA) is 86.7 Å². The predicted octanol–water partition coefficient (Wildman–Crippen LogP) is 4.72. The van der Waals surface area contributed by atoms with Crippen LogP contribution in [0.1, 0.15) is 85.5 Å². The number of hydrogen-bond acceptors (Lipinski definition) is 4. The predicted molar refractivity (Wildman–Crippen MR) is 122 cm³/mol. The molecule has 6 nitrogen and oxygen atoms in total. The molecule has 4 rings (SSSR count). The molecule has 2 N–H and O–H groups in total. The number of thiophene rings is 1. The van der Waals surface area contributed by atoms with Gasteiger partial charge in [0, 0.05) is 18.0 Å². The number of fused-ring (bicyclic) bond motifs is 1. The van der Waals surface area contributed by atoms with Crippen LogP contribution in [0.3, 0.4) is 0 Å². The van der Waals surface area contributed by atoms with Crippen molar-refractivity contribution in [2.75, 3.05) is 18.4 Å². The molecule has 1 saturated heterocycles. The lowest BCUT2D eigenvalue weighted by Gasteiger charge is -2.29. The van der Waals surface area contributed by atoms with E-state index < -0.39 is 17.8 Å². The summed E-state index contributed by atoms with van der Waals surface area (Å²) in [5.41, 5.74) is 1.81. The first-order chi connectivity index (χ1) is 15.0. The Morgan fingerprint density at radius 2 is 1.74 bits per heavy atom. The molecule has 2 heterocycles. The zero-order valence-corrected chi connectivity index (χ0v) is 19.3. The van der Waals surface area contributed by atoms with Crippen LogP contribution in [-0.4, -0.2) is 40.9 Å². The van der Waals surface area contributed by atoms with Gasteiger partial charge in [-0.25, -0.2) is 0 Å². The van der Waals surface area contributed by atoms with Crippen molar-refractivity contribution >= 4 is 34.1 Å². The third-order valence-corrected chi connectivity index (χ3v) is 8.63. The van der Waals surface area contributed by atoms with Crippen LogP contribution in [0.25, 0.3) is 0 Å². The maximum Gasteiger partial charge on any atom is 0.307 e. The molecular weight excluding hydrogens is 412 g/mol. The third kappa shape index (κ3) is 4.66. The van der Waals surface area contributed by atoms with Crippen LogP contribution in [-0.2, 0) is 22.4 Å². The van der Waals surface area contributed by atoms with Crippen molar-refractivity contribution in [1.29, 1.82) is 0 Å². The highest BCUT2D eigenvalue weighted by Gasteiger charge is 2.37. The second-order valence-electron chi connectivity index (χ2n) is 9.40. The maximum absolute atomic E-state index is 13.5. The number of rotatable bonds is 5. The van der Waals surface area contributed by atoms with Crippen LogP contribution >= 0.6 is 11.3 Å². The van der Waals surface area contributed by atoms with Gasteiger partial charge in [0.25, 0.3) is 5.91 Å². The lowest BCUT2D eigenvalue weighted by Crippen LogP contribution is -2.38. The lowest BCUT2D eigenvalue weighted by atomic mass is 9.78. The summed E-state index contributed by atoms with van der Waals surface area (Å²) in [7, 11) is 0. The number of hydrogen-bond donors (Lipinski definition) is 2. The van der Waals surface area contributed by atoms with E-state index in [0.717, 1.165) is 76.4 Å². The summed E-state index contributed by atoms with van der Waals surface area (Å²) in [6, 6.07) is 0. The van der Waals surface area contributed by atoms with Crippen LogP contribution in [0.2, 0.25) is 0 Å². The molecular formula is C24H34N2O4S. The number of carbonyl (C=O) groups is 3. The van der Waals surface area contributed by atoms with E-state index in [1.807, 2.05) is 4.90 Å². The Kier molecular flexibility index (Phi) is 6.99. The summed E-state index contributed by atoms with van der Waals surface area (Å²) in [5, 5.41) is 13.3. The standard InChI is InChI=1S/C24H34N2O4S/c1-2-15-10-11-18-19(14-15)31-22(20(18)23(28)26-12-6-3-7-13-26)25-21(27)16-8-4-5-9-17(16)24(29)30/h15-17H,2-14H2,1H3,(H,25,27)(H,29,30). The number of carboxylic acids is 1. The molecule has 0 spiro atoms. The van der Waals surface area contributed by atoms with Gasteiger partial charge in [0.15, 0.2) is 0 Å². The van der Waals surface area contributed by atoms with Crippen LogP contribution in [0.15, 0.2) is 0 Å². The second kappa shape index (κ2) is 9.72. The Hall–Kier alpha value is -1.89. The summed E-state index contributed by atoms with van der Waals surface area (Å²) in [6.07, 6.45) is 10.1. The number of nitrogens with one attached hydrogen (secondary N) is 1. The van der Waals surface area contributed by atoms with Gasteiger partial charge < -0.3 is 15.3 Å². The first kappa shape index (κ1) is 22.3. The summed E-state index contributed by atoms with van der Waals surface area (Å²) in [4.78, 5) is 41.6. The molecule has 1 aromatic rings. The summed E-state index contributed by atoms with van der Waals surface area (Å²) in [5.74, 6) is -1.60. The molecule has 1 aromatic heterocycles. The molecule has 1 saturated carbocycles. The van der Waals surface area contributed by atoms with Crippen molar-refractivity contribution < 1.29 is 19.5 Å². The van der Waals surface area contributed by atoms with Gasteiger partial charge in [-0.15, -0.1) is 11.3 Å². The highest BCUT2D eigenvalue weighted by atomic mass is 32.1.